The highest BCUT2D eigenvalue weighted by Gasteiger charge is 2.09. The lowest BCUT2D eigenvalue weighted by Gasteiger charge is -2.19. The summed E-state index contributed by atoms with van der Waals surface area (Å²) in [6, 6.07) is 4.38. The Bertz CT molecular complexity index is 384. The Hall–Kier alpha value is -1.28. The summed E-state index contributed by atoms with van der Waals surface area (Å²) in [7, 11) is 0. The average Bonchev–Trinajstić information content (AvgIpc) is 2.23. The molecule has 1 aromatic rings. The molecule has 0 aromatic heterocycles. The van der Waals surface area contributed by atoms with E-state index in [4.69, 9.17) is 5.73 Å². The van der Waals surface area contributed by atoms with Crippen molar-refractivity contribution in [2.24, 2.45) is 5.73 Å². The molecule has 0 aliphatic rings. The monoisotopic (exact) mass is 232 g/mol. The van der Waals surface area contributed by atoms with Crippen LogP contribution in [0.3, 0.4) is 0 Å². The number of benzene rings is 1. The average molecular weight is 232 g/mol. The second-order valence-corrected chi connectivity index (χ2v) is 4.82. The van der Waals surface area contributed by atoms with Gasteiger partial charge in [-0.3, -0.25) is 0 Å². The smallest absolute Gasteiger partial charge is 0.0441 e. The first-order valence-electron chi connectivity index (χ1n) is 6.25. The lowest BCUT2D eigenvalue weighted by Crippen LogP contribution is -2.26. The lowest BCUT2D eigenvalue weighted by atomic mass is 10.0. The molecule has 0 heterocycles. The molecule has 2 nitrogen and oxygen atoms in total. The summed E-state index contributed by atoms with van der Waals surface area (Å²) in [4.78, 5) is 0. The molecule has 0 aliphatic heterocycles. The Morgan fingerprint density at radius 2 is 1.82 bits per heavy atom. The minimum Gasteiger partial charge on any atom is -0.358 e. The van der Waals surface area contributed by atoms with Crippen LogP contribution in [0.2, 0.25) is 0 Å². The highest BCUT2D eigenvalue weighted by molar-refractivity contribution is 5.61. The summed E-state index contributed by atoms with van der Waals surface area (Å²) in [5, 5.41) is 3.37. The zero-order valence-corrected chi connectivity index (χ0v) is 11.4. The first kappa shape index (κ1) is 13.8. The van der Waals surface area contributed by atoms with Crippen LogP contribution in [0.15, 0.2) is 24.4 Å². The number of nitrogens with one attached hydrogen (secondary N) is 1. The highest BCUT2D eigenvalue weighted by atomic mass is 14.9. The molecule has 0 bridgehead atoms. The topological polar surface area (TPSA) is 38.0 Å². The van der Waals surface area contributed by atoms with E-state index in [2.05, 4.69) is 51.7 Å². The van der Waals surface area contributed by atoms with Gasteiger partial charge in [-0.2, -0.15) is 0 Å². The largest absolute Gasteiger partial charge is 0.358 e. The molecule has 1 atom stereocenters. The number of rotatable bonds is 5. The van der Waals surface area contributed by atoms with Crippen molar-refractivity contribution >= 4 is 5.69 Å². The fourth-order valence-corrected chi connectivity index (χ4v) is 2.12. The van der Waals surface area contributed by atoms with Crippen molar-refractivity contribution in [1.29, 1.82) is 0 Å². The summed E-state index contributed by atoms with van der Waals surface area (Å²) in [6.07, 6.45) is 2.05. The van der Waals surface area contributed by atoms with Gasteiger partial charge in [0.1, 0.15) is 0 Å². The Morgan fingerprint density at radius 3 is 2.29 bits per heavy atom. The molecule has 0 aliphatic carbocycles. The van der Waals surface area contributed by atoms with Crippen LogP contribution in [0.5, 0.6) is 0 Å². The van der Waals surface area contributed by atoms with Crippen molar-refractivity contribution in [2.75, 3.05) is 5.32 Å². The molecule has 0 fully saturated rings. The Morgan fingerprint density at radius 1 is 1.29 bits per heavy atom. The maximum absolute atomic E-state index is 6.04. The molecule has 94 valence electrons. The lowest BCUT2D eigenvalue weighted by molar-refractivity contribution is 0.678. The second kappa shape index (κ2) is 5.87. The molecule has 2 heteroatoms. The van der Waals surface area contributed by atoms with E-state index in [1.54, 1.807) is 0 Å². The van der Waals surface area contributed by atoms with E-state index in [-0.39, 0.29) is 6.04 Å². The minimum absolute atomic E-state index is 0.0279. The van der Waals surface area contributed by atoms with Gasteiger partial charge in [-0.05, 0) is 38.3 Å². The van der Waals surface area contributed by atoms with Gasteiger partial charge in [0, 0.05) is 17.4 Å². The van der Waals surface area contributed by atoms with Crippen LogP contribution in [0.25, 0.3) is 0 Å². The Labute approximate surface area is 105 Å². The summed E-state index contributed by atoms with van der Waals surface area (Å²) in [5.41, 5.74) is 11.9. The quantitative estimate of drug-likeness (QED) is 0.813. The Kier molecular flexibility index (Phi) is 4.76. The highest BCUT2D eigenvalue weighted by Crippen LogP contribution is 2.23. The van der Waals surface area contributed by atoms with Crippen LogP contribution >= 0.6 is 0 Å². The minimum atomic E-state index is 0.0279. The molecule has 0 saturated heterocycles. The van der Waals surface area contributed by atoms with Crippen molar-refractivity contribution in [3.05, 3.63) is 41.1 Å². The molecule has 0 amide bonds. The molecule has 1 rings (SSSR count). The van der Waals surface area contributed by atoms with E-state index in [9.17, 15) is 0 Å². The van der Waals surface area contributed by atoms with Gasteiger partial charge in [0.2, 0.25) is 0 Å². The number of hydrogen-bond donors (Lipinski definition) is 2. The van der Waals surface area contributed by atoms with Gasteiger partial charge >= 0.3 is 0 Å². The van der Waals surface area contributed by atoms with Crippen LogP contribution in [0.1, 0.15) is 36.5 Å². The van der Waals surface area contributed by atoms with E-state index >= 15 is 0 Å². The fourth-order valence-electron chi connectivity index (χ4n) is 2.12. The van der Waals surface area contributed by atoms with Crippen LogP contribution in [0, 0.1) is 20.8 Å². The summed E-state index contributed by atoms with van der Waals surface area (Å²) in [6.45, 7) is 12.5. The van der Waals surface area contributed by atoms with Gasteiger partial charge in [0.05, 0.1) is 0 Å². The number of nitrogens with two attached hydrogens (primary N) is 1. The van der Waals surface area contributed by atoms with Crippen molar-refractivity contribution in [3.63, 3.8) is 0 Å². The first-order chi connectivity index (χ1) is 7.95. The molecular weight excluding hydrogens is 208 g/mol. The van der Waals surface area contributed by atoms with Crippen LogP contribution in [-0.2, 0) is 0 Å². The molecule has 1 unspecified atom stereocenters. The van der Waals surface area contributed by atoms with Gasteiger partial charge < -0.3 is 11.1 Å². The van der Waals surface area contributed by atoms with E-state index in [1.807, 2.05) is 0 Å². The van der Waals surface area contributed by atoms with E-state index in [1.165, 1.54) is 16.7 Å². The number of anilines is 1. The zero-order chi connectivity index (χ0) is 13.0. The number of hydrogen-bond acceptors (Lipinski definition) is 2. The first-order valence-corrected chi connectivity index (χ1v) is 6.25. The maximum atomic E-state index is 6.04. The molecular formula is C15H24N2. The molecule has 0 saturated carbocycles. The van der Waals surface area contributed by atoms with E-state index < -0.39 is 0 Å². The standard InChI is InChI=1S/C15H24N2/c1-6-7-14(16)13(5)17-15-11(3)8-10(2)9-12(15)4/h8-9,14,17H,5-7,16H2,1-4H3. The van der Waals surface area contributed by atoms with Gasteiger partial charge in [-0.1, -0.05) is 37.6 Å². The molecule has 0 spiro atoms. The van der Waals surface area contributed by atoms with Crippen molar-refractivity contribution in [2.45, 2.75) is 46.6 Å². The SMILES string of the molecule is C=C(Nc1c(C)cc(C)cc1C)C(N)CCC. The maximum Gasteiger partial charge on any atom is 0.0441 e. The van der Waals surface area contributed by atoms with E-state index in [0.29, 0.717) is 0 Å². The predicted octanol–water partition coefficient (Wildman–Crippen LogP) is 3.66. The fraction of sp³-hybridized carbons (Fsp3) is 0.467. The van der Waals surface area contributed by atoms with Crippen molar-refractivity contribution < 1.29 is 0 Å². The third-order valence-corrected chi connectivity index (χ3v) is 3.01. The third kappa shape index (κ3) is 3.60. The van der Waals surface area contributed by atoms with E-state index in [0.717, 1.165) is 24.2 Å². The molecule has 1 aromatic carbocycles. The molecule has 0 radical (unpaired) electrons. The van der Waals surface area contributed by atoms with Gasteiger partial charge in [0.15, 0.2) is 0 Å². The van der Waals surface area contributed by atoms with Gasteiger partial charge in [-0.25, -0.2) is 0 Å². The van der Waals surface area contributed by atoms with Crippen LogP contribution in [0.4, 0.5) is 5.69 Å². The third-order valence-electron chi connectivity index (χ3n) is 3.01. The normalized spacial score (nSPS) is 12.3. The zero-order valence-electron chi connectivity index (χ0n) is 11.4. The Balaban J connectivity index is 2.85. The summed E-state index contributed by atoms with van der Waals surface area (Å²) >= 11 is 0. The summed E-state index contributed by atoms with van der Waals surface area (Å²) in [5.74, 6) is 0. The predicted molar refractivity (Wildman–Crippen MR) is 76.3 cm³/mol. The second-order valence-electron chi connectivity index (χ2n) is 4.82. The van der Waals surface area contributed by atoms with Crippen molar-refractivity contribution in [3.8, 4) is 0 Å². The van der Waals surface area contributed by atoms with Crippen LogP contribution < -0.4 is 11.1 Å². The van der Waals surface area contributed by atoms with Crippen molar-refractivity contribution in [1.82, 2.24) is 0 Å². The van der Waals surface area contributed by atoms with Gasteiger partial charge in [-0.15, -0.1) is 0 Å². The summed E-state index contributed by atoms with van der Waals surface area (Å²) < 4.78 is 0. The molecule has 3 N–H and O–H groups in total. The van der Waals surface area contributed by atoms with Gasteiger partial charge in [0.25, 0.3) is 0 Å². The number of aryl methyl sites for hydroxylation is 3. The van der Waals surface area contributed by atoms with Crippen LogP contribution in [-0.4, -0.2) is 6.04 Å². The molecule has 17 heavy (non-hydrogen) atoms.